The molecule has 1 aromatic heterocycles. The van der Waals surface area contributed by atoms with Gasteiger partial charge in [-0.1, -0.05) is 0 Å². The Morgan fingerprint density at radius 1 is 1.27 bits per heavy atom. The van der Waals surface area contributed by atoms with Crippen LogP contribution < -0.4 is 14.8 Å². The summed E-state index contributed by atoms with van der Waals surface area (Å²) in [6.45, 7) is 0.00359. The summed E-state index contributed by atoms with van der Waals surface area (Å²) in [7, 11) is 0. The molecule has 2 aliphatic heterocycles. The van der Waals surface area contributed by atoms with Crippen LogP contribution in [0.5, 0.6) is 11.5 Å². The molecule has 1 aromatic carbocycles. The molecule has 1 aliphatic carbocycles. The number of ketones is 1. The maximum atomic E-state index is 12.7. The van der Waals surface area contributed by atoms with Crippen LogP contribution in [0, 0.1) is 10.1 Å². The van der Waals surface area contributed by atoms with Crippen molar-refractivity contribution in [1.82, 2.24) is 14.8 Å². The van der Waals surface area contributed by atoms with E-state index in [0.717, 1.165) is 12.1 Å². The van der Waals surface area contributed by atoms with Crippen molar-refractivity contribution >= 4 is 17.4 Å². The number of fused-ring (bicyclic) bond motifs is 2. The lowest BCUT2D eigenvalue weighted by atomic mass is 9.85. The fraction of sp³-hybridized carbons (Fsp3) is 0.312. The Morgan fingerprint density at radius 2 is 2.08 bits per heavy atom. The molecule has 3 heterocycles. The molecule has 5 rings (SSSR count). The number of allylic oxidation sites excluding steroid dienone is 2. The summed E-state index contributed by atoms with van der Waals surface area (Å²) < 4.78 is 12.2. The van der Waals surface area contributed by atoms with Crippen LogP contribution in [-0.4, -0.2) is 32.3 Å². The average Bonchev–Trinajstić information content (AvgIpc) is 3.27. The topological polar surface area (TPSA) is 121 Å². The first-order valence-electron chi connectivity index (χ1n) is 8.14. The molecule has 0 saturated heterocycles. The molecule has 0 unspecified atom stereocenters. The van der Waals surface area contributed by atoms with Crippen LogP contribution in [0.4, 0.5) is 11.6 Å². The molecule has 0 bridgehead atoms. The number of nitro benzene ring substituents is 1. The summed E-state index contributed by atoms with van der Waals surface area (Å²) in [6.07, 6.45) is 3.17. The Bertz CT molecular complexity index is 995. The Balaban J connectivity index is 1.78. The van der Waals surface area contributed by atoms with Gasteiger partial charge in [0.1, 0.15) is 12.4 Å². The standard InChI is InChI=1S/C16H13N5O5/c22-11-3-1-2-9-14(11)15(20-16(19-9)17-6-18-20)8-4-12-13(26-7-25-12)5-10(8)21(23)24/h4-6,15H,1-3,7H2,(H,17,18,19)/t15-/m0/s1. The number of Topliss-reactive ketones (excluding diaryl/α,β-unsaturated/α-hetero) is 1. The first kappa shape index (κ1) is 14.9. The summed E-state index contributed by atoms with van der Waals surface area (Å²) in [6, 6.07) is 2.17. The Kier molecular flexibility index (Phi) is 3.02. The molecule has 0 amide bonds. The minimum atomic E-state index is -0.730. The Morgan fingerprint density at radius 3 is 2.88 bits per heavy atom. The predicted octanol–water partition coefficient (Wildman–Crippen LogP) is 1.94. The molecule has 0 radical (unpaired) electrons. The van der Waals surface area contributed by atoms with Crippen LogP contribution >= 0.6 is 0 Å². The molecule has 26 heavy (non-hydrogen) atoms. The zero-order chi connectivity index (χ0) is 17.8. The van der Waals surface area contributed by atoms with E-state index < -0.39 is 11.0 Å². The molecule has 1 N–H and O–H groups in total. The molecular weight excluding hydrogens is 342 g/mol. The van der Waals surface area contributed by atoms with Gasteiger partial charge < -0.3 is 14.8 Å². The Labute approximate surface area is 146 Å². The number of hydrogen-bond acceptors (Lipinski definition) is 8. The summed E-state index contributed by atoms with van der Waals surface area (Å²) in [4.78, 5) is 28.1. The SMILES string of the molecule is O=C1CCCC2=C1[C@H](c1cc3c(cc1[N+](=O)[O-])OCO3)n1ncnc1N2. The van der Waals surface area contributed by atoms with Crippen molar-refractivity contribution in [2.24, 2.45) is 0 Å². The molecule has 0 fully saturated rings. The molecule has 10 heteroatoms. The normalized spacial score (nSPS) is 20.5. The van der Waals surface area contributed by atoms with Gasteiger partial charge in [0.05, 0.1) is 16.6 Å². The summed E-state index contributed by atoms with van der Waals surface area (Å²) in [5.74, 6) is 1.14. The van der Waals surface area contributed by atoms with Crippen molar-refractivity contribution in [2.45, 2.75) is 25.3 Å². The third-order valence-electron chi connectivity index (χ3n) is 4.82. The van der Waals surface area contributed by atoms with E-state index in [1.165, 1.54) is 17.1 Å². The number of ether oxygens (including phenoxy) is 2. The molecule has 0 saturated carbocycles. The Hall–Kier alpha value is -3.43. The van der Waals surface area contributed by atoms with Crippen molar-refractivity contribution < 1.29 is 19.2 Å². The maximum absolute atomic E-state index is 12.7. The highest BCUT2D eigenvalue weighted by Crippen LogP contribution is 2.46. The van der Waals surface area contributed by atoms with E-state index >= 15 is 0 Å². The van der Waals surface area contributed by atoms with Gasteiger partial charge >= 0.3 is 0 Å². The van der Waals surface area contributed by atoms with Gasteiger partial charge in [-0.05, 0) is 18.9 Å². The molecule has 2 aromatic rings. The molecule has 132 valence electrons. The minimum Gasteiger partial charge on any atom is -0.454 e. The van der Waals surface area contributed by atoms with Crippen molar-refractivity contribution in [2.75, 3.05) is 12.1 Å². The molecule has 0 spiro atoms. The van der Waals surface area contributed by atoms with E-state index in [1.807, 2.05) is 0 Å². The number of aromatic nitrogens is 3. The van der Waals surface area contributed by atoms with Crippen molar-refractivity contribution in [3.05, 3.63) is 45.4 Å². The molecule has 3 aliphatic rings. The lowest BCUT2D eigenvalue weighted by Gasteiger charge is -2.32. The van der Waals surface area contributed by atoms with Crippen LogP contribution in [-0.2, 0) is 4.79 Å². The van der Waals surface area contributed by atoms with E-state index in [-0.39, 0.29) is 18.3 Å². The van der Waals surface area contributed by atoms with E-state index in [4.69, 9.17) is 9.47 Å². The van der Waals surface area contributed by atoms with Crippen LogP contribution in [0.2, 0.25) is 0 Å². The third kappa shape index (κ3) is 2.01. The monoisotopic (exact) mass is 355 g/mol. The third-order valence-corrected chi connectivity index (χ3v) is 4.82. The number of benzene rings is 1. The van der Waals surface area contributed by atoms with Gasteiger partial charge in [-0.15, -0.1) is 0 Å². The summed E-state index contributed by atoms with van der Waals surface area (Å²) in [5.41, 5.74) is 1.43. The van der Waals surface area contributed by atoms with Gasteiger partial charge in [0.25, 0.3) is 5.69 Å². The highest BCUT2D eigenvalue weighted by atomic mass is 16.7. The smallest absolute Gasteiger partial charge is 0.279 e. The fourth-order valence-electron chi connectivity index (χ4n) is 3.71. The van der Waals surface area contributed by atoms with Gasteiger partial charge in [0.15, 0.2) is 17.3 Å². The first-order chi connectivity index (χ1) is 12.6. The number of nitrogens with zero attached hydrogens (tertiary/aromatic N) is 4. The lowest BCUT2D eigenvalue weighted by Crippen LogP contribution is -2.31. The number of rotatable bonds is 2. The highest BCUT2D eigenvalue weighted by molar-refractivity contribution is 5.99. The van der Waals surface area contributed by atoms with Crippen LogP contribution in [0.1, 0.15) is 30.9 Å². The van der Waals surface area contributed by atoms with E-state index in [1.54, 1.807) is 6.07 Å². The molecular formula is C16H13N5O5. The molecule has 10 nitrogen and oxygen atoms in total. The van der Waals surface area contributed by atoms with Gasteiger partial charge in [0, 0.05) is 17.7 Å². The second kappa shape index (κ2) is 5.28. The van der Waals surface area contributed by atoms with Crippen molar-refractivity contribution in [1.29, 1.82) is 0 Å². The van der Waals surface area contributed by atoms with Gasteiger partial charge in [0.2, 0.25) is 12.7 Å². The van der Waals surface area contributed by atoms with Gasteiger partial charge in [-0.2, -0.15) is 10.1 Å². The fourth-order valence-corrected chi connectivity index (χ4v) is 3.71. The second-order valence-corrected chi connectivity index (χ2v) is 6.25. The molecule has 1 atom stereocenters. The number of carbonyl (C=O) groups excluding carboxylic acids is 1. The zero-order valence-electron chi connectivity index (χ0n) is 13.5. The first-order valence-corrected chi connectivity index (χ1v) is 8.14. The maximum Gasteiger partial charge on any atom is 0.279 e. The summed E-state index contributed by atoms with van der Waals surface area (Å²) in [5, 5.41) is 19.0. The van der Waals surface area contributed by atoms with Gasteiger partial charge in [-0.3, -0.25) is 14.9 Å². The zero-order valence-corrected chi connectivity index (χ0v) is 13.5. The largest absolute Gasteiger partial charge is 0.454 e. The second-order valence-electron chi connectivity index (χ2n) is 6.25. The predicted molar refractivity (Wildman–Crippen MR) is 86.9 cm³/mol. The van der Waals surface area contributed by atoms with E-state index in [0.29, 0.717) is 41.4 Å². The van der Waals surface area contributed by atoms with Crippen LogP contribution in [0.3, 0.4) is 0 Å². The number of hydrogen-bond donors (Lipinski definition) is 1. The lowest BCUT2D eigenvalue weighted by molar-refractivity contribution is -0.385. The quantitative estimate of drug-likeness (QED) is 0.641. The van der Waals surface area contributed by atoms with Crippen molar-refractivity contribution in [3.8, 4) is 11.5 Å². The number of carbonyl (C=O) groups is 1. The number of anilines is 1. The van der Waals surface area contributed by atoms with E-state index in [2.05, 4.69) is 15.4 Å². The van der Waals surface area contributed by atoms with Crippen molar-refractivity contribution in [3.63, 3.8) is 0 Å². The number of nitro groups is 1. The number of nitrogens with one attached hydrogen (secondary N) is 1. The van der Waals surface area contributed by atoms with Crippen LogP contribution in [0.15, 0.2) is 29.7 Å². The van der Waals surface area contributed by atoms with E-state index in [9.17, 15) is 14.9 Å². The highest BCUT2D eigenvalue weighted by Gasteiger charge is 2.40. The minimum absolute atomic E-state index is 0.00359. The van der Waals surface area contributed by atoms with Gasteiger partial charge in [-0.25, -0.2) is 4.68 Å². The average molecular weight is 355 g/mol. The van der Waals surface area contributed by atoms with Crippen LogP contribution in [0.25, 0.3) is 0 Å². The summed E-state index contributed by atoms with van der Waals surface area (Å²) >= 11 is 0.